The summed E-state index contributed by atoms with van der Waals surface area (Å²) < 4.78 is 9.29. The molecular formula is C48H31NOS. The first-order valence-electron chi connectivity index (χ1n) is 17.3. The van der Waals surface area contributed by atoms with Gasteiger partial charge in [0.1, 0.15) is 11.2 Å². The van der Waals surface area contributed by atoms with Gasteiger partial charge in [-0.05, 0) is 82.4 Å². The second kappa shape index (κ2) is 12.2. The minimum absolute atomic E-state index is 0.878. The Kier molecular flexibility index (Phi) is 7.04. The summed E-state index contributed by atoms with van der Waals surface area (Å²) in [5.41, 5.74) is 12.1. The van der Waals surface area contributed by atoms with Crippen LogP contribution in [0.25, 0.3) is 75.5 Å². The van der Waals surface area contributed by atoms with Gasteiger partial charge in [0.05, 0.1) is 11.1 Å². The molecule has 3 heteroatoms. The van der Waals surface area contributed by atoms with E-state index in [9.17, 15) is 0 Å². The van der Waals surface area contributed by atoms with Crippen LogP contribution in [0.4, 0.5) is 17.1 Å². The van der Waals surface area contributed by atoms with Crippen LogP contribution < -0.4 is 4.90 Å². The summed E-state index contributed by atoms with van der Waals surface area (Å²) in [6, 6.07) is 67.3. The third-order valence-corrected chi connectivity index (χ3v) is 11.0. The van der Waals surface area contributed by atoms with E-state index in [1.807, 2.05) is 17.4 Å². The van der Waals surface area contributed by atoms with Gasteiger partial charge in [-0.25, -0.2) is 0 Å². The Balaban J connectivity index is 1.22. The van der Waals surface area contributed by atoms with Crippen molar-refractivity contribution in [3.05, 3.63) is 188 Å². The molecule has 2 nitrogen and oxygen atoms in total. The molecule has 51 heavy (non-hydrogen) atoms. The number of hydrogen-bond donors (Lipinski definition) is 0. The Morgan fingerprint density at radius 3 is 1.80 bits per heavy atom. The summed E-state index contributed by atoms with van der Waals surface area (Å²) in [7, 11) is 0. The second-order valence-corrected chi connectivity index (χ2v) is 14.0. The quantitative estimate of drug-likeness (QED) is 0.175. The molecule has 0 N–H and O–H groups in total. The van der Waals surface area contributed by atoms with Crippen LogP contribution in [0.1, 0.15) is 0 Å². The Morgan fingerprint density at radius 1 is 0.392 bits per heavy atom. The fourth-order valence-corrected chi connectivity index (χ4v) is 8.56. The van der Waals surface area contributed by atoms with Crippen molar-refractivity contribution in [3.63, 3.8) is 0 Å². The third kappa shape index (κ3) is 5.10. The van der Waals surface area contributed by atoms with Crippen LogP contribution >= 0.6 is 11.3 Å². The van der Waals surface area contributed by atoms with Crippen LogP contribution in [-0.4, -0.2) is 0 Å². The number of anilines is 3. The smallest absolute Gasteiger partial charge is 0.145 e. The molecule has 0 radical (unpaired) electrons. The predicted octanol–water partition coefficient (Wildman–Crippen LogP) is 14.4. The van der Waals surface area contributed by atoms with Gasteiger partial charge >= 0.3 is 0 Å². The highest BCUT2D eigenvalue weighted by Crippen LogP contribution is 2.48. The zero-order chi connectivity index (χ0) is 33.7. The van der Waals surface area contributed by atoms with Crippen molar-refractivity contribution in [1.29, 1.82) is 0 Å². The summed E-state index contributed by atoms with van der Waals surface area (Å²) >= 11 is 1.85. The van der Waals surface area contributed by atoms with E-state index in [2.05, 4.69) is 187 Å². The van der Waals surface area contributed by atoms with Gasteiger partial charge in [-0.3, -0.25) is 0 Å². The fourth-order valence-electron chi connectivity index (χ4n) is 7.44. The largest absolute Gasteiger partial charge is 0.455 e. The van der Waals surface area contributed by atoms with E-state index in [1.54, 1.807) is 0 Å². The van der Waals surface area contributed by atoms with Crippen LogP contribution in [0, 0.1) is 0 Å². The van der Waals surface area contributed by atoms with Crippen molar-refractivity contribution in [2.24, 2.45) is 0 Å². The molecule has 0 bridgehead atoms. The van der Waals surface area contributed by atoms with E-state index in [0.29, 0.717) is 0 Å². The summed E-state index contributed by atoms with van der Waals surface area (Å²) in [5, 5.41) is 4.72. The van der Waals surface area contributed by atoms with E-state index in [1.165, 1.54) is 42.4 Å². The number of nitrogens with zero attached hydrogens (tertiary/aromatic N) is 1. The maximum atomic E-state index is 6.73. The molecule has 0 fully saturated rings. The molecule has 0 atom stereocenters. The lowest BCUT2D eigenvalue weighted by atomic mass is 9.99. The standard InChI is InChI=1S/C48H31NOS/c1-4-13-32(14-5-1)35-19-12-20-37(29-35)49(38-24-28-45-42(31-38)40-25-23-36(30-46(40)51-45)33-15-6-2-7-16-33)43-27-26-39(34-17-8-3-9-18-34)48-47(43)41-21-10-11-22-44(41)50-48/h1-31H. The number of furan rings is 1. The normalized spacial score (nSPS) is 11.5. The van der Waals surface area contributed by atoms with Gasteiger partial charge in [-0.15, -0.1) is 11.3 Å². The van der Waals surface area contributed by atoms with Gasteiger partial charge < -0.3 is 9.32 Å². The molecule has 0 unspecified atom stereocenters. The number of rotatable bonds is 6. The molecule has 0 spiro atoms. The summed E-state index contributed by atoms with van der Waals surface area (Å²) in [5.74, 6) is 0. The molecule has 0 amide bonds. The number of thiophene rings is 1. The van der Waals surface area contributed by atoms with Crippen LogP contribution in [0.3, 0.4) is 0 Å². The molecule has 2 heterocycles. The van der Waals surface area contributed by atoms with Gasteiger partial charge in [-0.2, -0.15) is 0 Å². The van der Waals surface area contributed by atoms with Gasteiger partial charge in [0, 0.05) is 42.5 Å². The Bertz CT molecular complexity index is 2850. The van der Waals surface area contributed by atoms with Crippen molar-refractivity contribution in [2.45, 2.75) is 0 Å². The van der Waals surface area contributed by atoms with Crippen LogP contribution in [0.2, 0.25) is 0 Å². The molecule has 10 rings (SSSR count). The second-order valence-electron chi connectivity index (χ2n) is 12.9. The summed E-state index contributed by atoms with van der Waals surface area (Å²) in [4.78, 5) is 2.41. The molecule has 240 valence electrons. The zero-order valence-corrected chi connectivity index (χ0v) is 28.5. The Hall–Kier alpha value is -6.42. The Labute approximate surface area is 300 Å². The minimum Gasteiger partial charge on any atom is -0.455 e. The summed E-state index contributed by atoms with van der Waals surface area (Å²) in [6.07, 6.45) is 0. The SMILES string of the molecule is c1ccc(-c2cccc(N(c3ccc4sc5cc(-c6ccccc6)ccc5c4c3)c3ccc(-c4ccccc4)c4oc5ccccc5c34)c2)cc1. The van der Waals surface area contributed by atoms with E-state index in [4.69, 9.17) is 4.42 Å². The molecule has 0 aliphatic carbocycles. The monoisotopic (exact) mass is 669 g/mol. The topological polar surface area (TPSA) is 16.4 Å². The van der Waals surface area contributed by atoms with E-state index >= 15 is 0 Å². The van der Waals surface area contributed by atoms with Crippen molar-refractivity contribution in [3.8, 4) is 33.4 Å². The maximum Gasteiger partial charge on any atom is 0.145 e. The minimum atomic E-state index is 0.878. The van der Waals surface area contributed by atoms with Crippen LogP contribution in [-0.2, 0) is 0 Å². The summed E-state index contributed by atoms with van der Waals surface area (Å²) in [6.45, 7) is 0. The first kappa shape index (κ1) is 29.5. The molecule has 10 aromatic rings. The van der Waals surface area contributed by atoms with Crippen molar-refractivity contribution in [2.75, 3.05) is 4.90 Å². The molecule has 0 saturated carbocycles. The number of benzene rings is 8. The van der Waals surface area contributed by atoms with Gasteiger partial charge in [0.2, 0.25) is 0 Å². The lowest BCUT2D eigenvalue weighted by Crippen LogP contribution is -2.10. The lowest BCUT2D eigenvalue weighted by molar-refractivity contribution is 0.670. The van der Waals surface area contributed by atoms with Crippen molar-refractivity contribution >= 4 is 70.5 Å². The first-order valence-corrected chi connectivity index (χ1v) is 18.1. The van der Waals surface area contributed by atoms with Crippen molar-refractivity contribution in [1.82, 2.24) is 0 Å². The van der Waals surface area contributed by atoms with E-state index in [0.717, 1.165) is 50.1 Å². The highest BCUT2D eigenvalue weighted by molar-refractivity contribution is 7.25. The molecule has 8 aromatic carbocycles. The van der Waals surface area contributed by atoms with Crippen LogP contribution in [0.5, 0.6) is 0 Å². The van der Waals surface area contributed by atoms with E-state index in [-0.39, 0.29) is 0 Å². The zero-order valence-electron chi connectivity index (χ0n) is 27.7. The lowest BCUT2D eigenvalue weighted by Gasteiger charge is -2.27. The van der Waals surface area contributed by atoms with Gasteiger partial charge in [0.15, 0.2) is 0 Å². The van der Waals surface area contributed by atoms with E-state index < -0.39 is 0 Å². The highest BCUT2D eigenvalue weighted by atomic mass is 32.1. The van der Waals surface area contributed by atoms with Crippen LogP contribution in [0.15, 0.2) is 192 Å². The molecule has 0 aliphatic heterocycles. The first-order chi connectivity index (χ1) is 25.3. The average Bonchev–Trinajstić information content (AvgIpc) is 3.78. The van der Waals surface area contributed by atoms with Crippen molar-refractivity contribution < 1.29 is 4.42 Å². The molecule has 0 aliphatic rings. The number of para-hydroxylation sites is 1. The fraction of sp³-hybridized carbons (Fsp3) is 0. The number of hydrogen-bond acceptors (Lipinski definition) is 3. The predicted molar refractivity (Wildman–Crippen MR) is 218 cm³/mol. The molecule has 2 aromatic heterocycles. The Morgan fingerprint density at radius 2 is 1.04 bits per heavy atom. The van der Waals surface area contributed by atoms with Gasteiger partial charge in [-0.1, -0.05) is 133 Å². The van der Waals surface area contributed by atoms with Gasteiger partial charge in [0.25, 0.3) is 0 Å². The highest BCUT2D eigenvalue weighted by Gasteiger charge is 2.23. The maximum absolute atomic E-state index is 6.73. The number of fused-ring (bicyclic) bond motifs is 6. The molecule has 0 saturated heterocycles. The molecular weight excluding hydrogens is 639 g/mol. The average molecular weight is 670 g/mol. The third-order valence-electron chi connectivity index (χ3n) is 9.86.